The predicted octanol–water partition coefficient (Wildman–Crippen LogP) is 6.73. The molecular formula is C29H23ClN2O3. The average molecular weight is 483 g/mol. The number of halogens is 1. The van der Waals surface area contributed by atoms with Crippen LogP contribution in [0.5, 0.6) is 0 Å². The van der Waals surface area contributed by atoms with E-state index in [4.69, 9.17) is 16.0 Å². The molecule has 0 bridgehead atoms. The number of Topliss-reactive ketones (excluding diaryl/α,β-unsaturated/α-hetero) is 1. The van der Waals surface area contributed by atoms with Gasteiger partial charge in [-0.2, -0.15) is 0 Å². The first kappa shape index (κ1) is 21.7. The summed E-state index contributed by atoms with van der Waals surface area (Å²) in [5, 5.41) is 7.81. The van der Waals surface area contributed by atoms with Crippen LogP contribution in [0, 0.1) is 6.92 Å². The standard InChI is InChI=1S/C29H23ClN2O3/c1-16-6-8-17(9-7-16)18-12-24-27(25(33)13-18)28(32-23-5-3-2-4-22(23)31-24)21-15-35-26-11-10-19(30)14-20(26)29(21)34/h2-11,14-15,18,28,31-32H,12-13H2,1H3/t18-,28-/m1/s1. The number of para-hydroxylation sites is 2. The van der Waals surface area contributed by atoms with Crippen LogP contribution in [0.4, 0.5) is 11.4 Å². The van der Waals surface area contributed by atoms with Gasteiger partial charge in [-0.15, -0.1) is 0 Å². The molecule has 0 saturated carbocycles. The highest BCUT2D eigenvalue weighted by Crippen LogP contribution is 2.44. The highest BCUT2D eigenvalue weighted by atomic mass is 35.5. The third-order valence-corrected chi connectivity index (χ3v) is 7.17. The Kier molecular flexibility index (Phi) is 5.23. The van der Waals surface area contributed by atoms with Crippen molar-refractivity contribution in [1.29, 1.82) is 0 Å². The van der Waals surface area contributed by atoms with Gasteiger partial charge in [-0.25, -0.2) is 0 Å². The number of benzene rings is 3. The van der Waals surface area contributed by atoms with Gasteiger partial charge >= 0.3 is 0 Å². The number of aryl methyl sites for hydroxylation is 1. The van der Waals surface area contributed by atoms with Gasteiger partial charge in [0.05, 0.1) is 28.4 Å². The Morgan fingerprint density at radius 1 is 0.943 bits per heavy atom. The minimum absolute atomic E-state index is 0.0141. The molecule has 5 nitrogen and oxygen atoms in total. The zero-order valence-corrected chi connectivity index (χ0v) is 19.9. The van der Waals surface area contributed by atoms with E-state index in [1.165, 1.54) is 11.8 Å². The zero-order chi connectivity index (χ0) is 24.1. The van der Waals surface area contributed by atoms with Crippen LogP contribution in [0.25, 0.3) is 11.0 Å². The topological polar surface area (TPSA) is 71.3 Å². The van der Waals surface area contributed by atoms with Gasteiger partial charge in [-0.05, 0) is 55.2 Å². The fraction of sp³-hybridized carbons (Fsp3) is 0.172. The van der Waals surface area contributed by atoms with Gasteiger partial charge in [0.15, 0.2) is 11.2 Å². The number of carbonyl (C=O) groups excluding carboxylic acids is 1. The summed E-state index contributed by atoms with van der Waals surface area (Å²) in [6.45, 7) is 2.05. The van der Waals surface area contributed by atoms with Crippen molar-refractivity contribution >= 4 is 39.7 Å². The molecule has 1 aromatic heterocycles. The smallest absolute Gasteiger partial charge is 0.198 e. The largest absolute Gasteiger partial charge is 0.464 e. The summed E-state index contributed by atoms with van der Waals surface area (Å²) in [4.78, 5) is 27.3. The summed E-state index contributed by atoms with van der Waals surface area (Å²) in [7, 11) is 0. The van der Waals surface area contributed by atoms with E-state index in [2.05, 4.69) is 41.8 Å². The molecule has 6 heteroatoms. The van der Waals surface area contributed by atoms with Gasteiger partial charge in [-0.3, -0.25) is 9.59 Å². The molecule has 0 spiro atoms. The second-order valence-electron chi connectivity index (χ2n) is 9.24. The second kappa shape index (κ2) is 8.43. The van der Waals surface area contributed by atoms with Crippen LogP contribution < -0.4 is 16.1 Å². The number of ketones is 1. The lowest BCUT2D eigenvalue weighted by Gasteiger charge is -2.29. The number of anilines is 2. The molecule has 1 aliphatic carbocycles. The van der Waals surface area contributed by atoms with Crippen molar-refractivity contribution < 1.29 is 9.21 Å². The first-order valence-electron chi connectivity index (χ1n) is 11.6. The molecule has 2 heterocycles. The van der Waals surface area contributed by atoms with Gasteiger partial charge < -0.3 is 15.1 Å². The number of hydrogen-bond donors (Lipinski definition) is 2. The third kappa shape index (κ3) is 3.82. The summed E-state index contributed by atoms with van der Waals surface area (Å²) < 4.78 is 5.82. The Morgan fingerprint density at radius 3 is 2.51 bits per heavy atom. The first-order valence-corrected chi connectivity index (χ1v) is 12.0. The lowest BCUT2D eigenvalue weighted by molar-refractivity contribution is -0.116. The van der Waals surface area contributed by atoms with Crippen LogP contribution in [0.3, 0.4) is 0 Å². The van der Waals surface area contributed by atoms with Crippen molar-refractivity contribution in [3.63, 3.8) is 0 Å². The van der Waals surface area contributed by atoms with Crippen LogP contribution in [-0.2, 0) is 4.79 Å². The molecule has 4 aromatic rings. The molecule has 0 radical (unpaired) electrons. The summed E-state index contributed by atoms with van der Waals surface area (Å²) in [6.07, 6.45) is 2.51. The number of allylic oxidation sites excluding steroid dienone is 1. The van der Waals surface area contributed by atoms with Crippen molar-refractivity contribution in [3.8, 4) is 0 Å². The molecule has 2 N–H and O–H groups in total. The van der Waals surface area contributed by atoms with E-state index in [0.717, 1.165) is 22.6 Å². The van der Waals surface area contributed by atoms with E-state index in [0.29, 0.717) is 40.0 Å². The number of hydrogen-bond acceptors (Lipinski definition) is 5. The Balaban J connectivity index is 1.51. The van der Waals surface area contributed by atoms with E-state index in [1.54, 1.807) is 18.2 Å². The van der Waals surface area contributed by atoms with Crippen LogP contribution in [-0.4, -0.2) is 5.78 Å². The Bertz CT molecular complexity index is 1570. The van der Waals surface area contributed by atoms with Crippen LogP contribution in [0.15, 0.2) is 93.5 Å². The van der Waals surface area contributed by atoms with E-state index >= 15 is 0 Å². The summed E-state index contributed by atoms with van der Waals surface area (Å²) in [6, 6.07) is 20.5. The number of rotatable bonds is 2. The maximum absolute atomic E-state index is 13.7. The Labute approximate surface area is 207 Å². The molecule has 0 fully saturated rings. The van der Waals surface area contributed by atoms with Crippen LogP contribution in [0.1, 0.15) is 41.5 Å². The highest BCUT2D eigenvalue weighted by molar-refractivity contribution is 6.31. The lowest BCUT2D eigenvalue weighted by atomic mass is 9.78. The molecule has 2 aliphatic rings. The summed E-state index contributed by atoms with van der Waals surface area (Å²) in [5.74, 6) is 0.0762. The molecule has 6 rings (SSSR count). The summed E-state index contributed by atoms with van der Waals surface area (Å²) >= 11 is 6.17. The fourth-order valence-electron chi connectivity index (χ4n) is 5.12. The fourth-order valence-corrected chi connectivity index (χ4v) is 5.29. The predicted molar refractivity (Wildman–Crippen MR) is 139 cm³/mol. The lowest BCUT2D eigenvalue weighted by Crippen LogP contribution is -2.29. The minimum atomic E-state index is -0.646. The molecular weight excluding hydrogens is 460 g/mol. The molecule has 0 saturated heterocycles. The Hall–Kier alpha value is -3.83. The maximum atomic E-state index is 13.7. The van der Waals surface area contributed by atoms with E-state index in [9.17, 15) is 9.59 Å². The Morgan fingerprint density at radius 2 is 1.71 bits per heavy atom. The van der Waals surface area contributed by atoms with Crippen molar-refractivity contribution in [2.24, 2.45) is 0 Å². The average Bonchev–Trinajstić information content (AvgIpc) is 3.02. The number of fused-ring (bicyclic) bond motifs is 2. The van der Waals surface area contributed by atoms with Gasteiger partial charge in [0.1, 0.15) is 11.8 Å². The van der Waals surface area contributed by atoms with Crippen molar-refractivity contribution in [3.05, 3.63) is 116 Å². The molecule has 2 atom stereocenters. The molecule has 174 valence electrons. The van der Waals surface area contributed by atoms with Gasteiger partial charge in [0.2, 0.25) is 0 Å². The highest BCUT2D eigenvalue weighted by Gasteiger charge is 2.37. The van der Waals surface area contributed by atoms with Crippen LogP contribution >= 0.6 is 11.6 Å². The van der Waals surface area contributed by atoms with Crippen molar-refractivity contribution in [2.45, 2.75) is 31.7 Å². The van der Waals surface area contributed by atoms with E-state index in [1.807, 2.05) is 24.3 Å². The van der Waals surface area contributed by atoms with Gasteiger partial charge in [0.25, 0.3) is 0 Å². The van der Waals surface area contributed by atoms with Crippen molar-refractivity contribution in [2.75, 3.05) is 10.6 Å². The molecule has 35 heavy (non-hydrogen) atoms. The molecule has 3 aromatic carbocycles. The quantitative estimate of drug-likeness (QED) is 0.331. The second-order valence-corrected chi connectivity index (χ2v) is 9.68. The first-order chi connectivity index (χ1) is 17.0. The number of carbonyl (C=O) groups is 1. The summed E-state index contributed by atoms with van der Waals surface area (Å²) in [5.41, 5.74) is 6.06. The SMILES string of the molecule is Cc1ccc([C@H]2CC(=O)C3=C(C2)Nc2ccccc2N[C@@H]3c2coc3ccc(Cl)cc3c2=O)cc1. The molecule has 0 unspecified atom stereocenters. The third-order valence-electron chi connectivity index (χ3n) is 6.93. The monoisotopic (exact) mass is 482 g/mol. The minimum Gasteiger partial charge on any atom is -0.464 e. The van der Waals surface area contributed by atoms with Gasteiger partial charge in [-0.1, -0.05) is 53.6 Å². The molecule has 1 aliphatic heterocycles. The van der Waals surface area contributed by atoms with Crippen molar-refractivity contribution in [1.82, 2.24) is 0 Å². The van der Waals surface area contributed by atoms with E-state index < -0.39 is 6.04 Å². The van der Waals surface area contributed by atoms with Gasteiger partial charge in [0, 0.05) is 22.7 Å². The molecule has 0 amide bonds. The van der Waals surface area contributed by atoms with Crippen LogP contribution in [0.2, 0.25) is 5.02 Å². The normalized spacial score (nSPS) is 19.4. The maximum Gasteiger partial charge on any atom is 0.198 e. The van der Waals surface area contributed by atoms with E-state index in [-0.39, 0.29) is 17.1 Å². The zero-order valence-electron chi connectivity index (χ0n) is 19.1. The number of nitrogens with one attached hydrogen (secondary N) is 2.